The monoisotopic (exact) mass is 221 g/mol. The SMILES string of the molecule is CCOCC(C)Nc1ncnc2nc[nH]c12. The van der Waals surface area contributed by atoms with Gasteiger partial charge < -0.3 is 15.0 Å². The number of ether oxygens (including phenoxy) is 1. The summed E-state index contributed by atoms with van der Waals surface area (Å²) >= 11 is 0. The Kier molecular flexibility index (Phi) is 3.31. The highest BCUT2D eigenvalue weighted by atomic mass is 16.5. The van der Waals surface area contributed by atoms with Crippen molar-refractivity contribution in [2.75, 3.05) is 18.5 Å². The van der Waals surface area contributed by atoms with Gasteiger partial charge in [0.05, 0.1) is 12.9 Å². The molecule has 6 nitrogen and oxygen atoms in total. The van der Waals surface area contributed by atoms with E-state index in [2.05, 4.69) is 25.3 Å². The number of aromatic amines is 1. The Balaban J connectivity index is 2.11. The molecule has 1 unspecified atom stereocenters. The molecule has 0 aliphatic carbocycles. The summed E-state index contributed by atoms with van der Waals surface area (Å²) in [6.07, 6.45) is 3.11. The van der Waals surface area contributed by atoms with Gasteiger partial charge in [-0.2, -0.15) is 0 Å². The molecule has 0 saturated heterocycles. The zero-order valence-electron chi connectivity index (χ0n) is 9.40. The highest BCUT2D eigenvalue weighted by Crippen LogP contribution is 2.15. The first-order valence-corrected chi connectivity index (χ1v) is 5.29. The normalized spacial score (nSPS) is 12.9. The van der Waals surface area contributed by atoms with E-state index in [1.165, 1.54) is 6.33 Å². The molecule has 2 heterocycles. The highest BCUT2D eigenvalue weighted by Gasteiger charge is 2.08. The van der Waals surface area contributed by atoms with Crippen molar-refractivity contribution in [3.05, 3.63) is 12.7 Å². The Morgan fingerprint density at radius 3 is 3.12 bits per heavy atom. The second-order valence-electron chi connectivity index (χ2n) is 3.53. The highest BCUT2D eigenvalue weighted by molar-refractivity contribution is 5.81. The second kappa shape index (κ2) is 4.89. The Morgan fingerprint density at radius 2 is 2.31 bits per heavy atom. The van der Waals surface area contributed by atoms with E-state index in [0.29, 0.717) is 12.3 Å². The molecule has 6 heteroatoms. The first-order chi connectivity index (χ1) is 7.81. The summed E-state index contributed by atoms with van der Waals surface area (Å²) in [5.41, 5.74) is 1.49. The number of rotatable bonds is 5. The van der Waals surface area contributed by atoms with E-state index in [1.54, 1.807) is 6.33 Å². The third-order valence-electron chi connectivity index (χ3n) is 2.18. The van der Waals surface area contributed by atoms with E-state index in [1.807, 2.05) is 13.8 Å². The van der Waals surface area contributed by atoms with Gasteiger partial charge in [-0.1, -0.05) is 0 Å². The van der Waals surface area contributed by atoms with Crippen molar-refractivity contribution in [1.82, 2.24) is 19.9 Å². The van der Waals surface area contributed by atoms with Gasteiger partial charge in [0.1, 0.15) is 11.8 Å². The summed E-state index contributed by atoms with van der Waals surface area (Å²) in [5, 5.41) is 3.26. The van der Waals surface area contributed by atoms with E-state index in [0.717, 1.165) is 17.9 Å². The predicted octanol–water partition coefficient (Wildman–Crippen LogP) is 1.19. The number of H-pyrrole nitrogens is 1. The number of aromatic nitrogens is 4. The van der Waals surface area contributed by atoms with Crippen molar-refractivity contribution in [2.24, 2.45) is 0 Å². The Labute approximate surface area is 93.5 Å². The molecular formula is C10H15N5O. The van der Waals surface area contributed by atoms with Crippen LogP contribution in [0.15, 0.2) is 12.7 Å². The fourth-order valence-corrected chi connectivity index (χ4v) is 1.44. The third-order valence-corrected chi connectivity index (χ3v) is 2.18. The van der Waals surface area contributed by atoms with Crippen LogP contribution in [-0.2, 0) is 4.74 Å². The number of anilines is 1. The summed E-state index contributed by atoms with van der Waals surface area (Å²) in [6.45, 7) is 5.38. The molecule has 86 valence electrons. The fourth-order valence-electron chi connectivity index (χ4n) is 1.44. The van der Waals surface area contributed by atoms with Gasteiger partial charge in [-0.15, -0.1) is 0 Å². The average Bonchev–Trinajstić information content (AvgIpc) is 2.75. The first kappa shape index (κ1) is 10.8. The average molecular weight is 221 g/mol. The fraction of sp³-hybridized carbons (Fsp3) is 0.500. The van der Waals surface area contributed by atoms with Crippen molar-refractivity contribution >= 4 is 17.0 Å². The number of hydrogen-bond donors (Lipinski definition) is 2. The molecule has 0 bridgehead atoms. The zero-order chi connectivity index (χ0) is 11.4. The smallest absolute Gasteiger partial charge is 0.182 e. The van der Waals surface area contributed by atoms with Crippen molar-refractivity contribution < 1.29 is 4.74 Å². The summed E-state index contributed by atoms with van der Waals surface area (Å²) in [6, 6.07) is 0.196. The third kappa shape index (κ3) is 2.27. The van der Waals surface area contributed by atoms with E-state index in [9.17, 15) is 0 Å². The number of hydrogen-bond acceptors (Lipinski definition) is 5. The minimum atomic E-state index is 0.196. The molecule has 0 fully saturated rings. The van der Waals surface area contributed by atoms with E-state index in [-0.39, 0.29) is 6.04 Å². The molecule has 16 heavy (non-hydrogen) atoms. The van der Waals surface area contributed by atoms with Crippen LogP contribution in [0.25, 0.3) is 11.2 Å². The molecule has 1 atom stereocenters. The molecule has 0 saturated carbocycles. The van der Waals surface area contributed by atoms with Gasteiger partial charge in [-0.05, 0) is 13.8 Å². The molecule has 0 aliphatic heterocycles. The molecule has 2 rings (SSSR count). The lowest BCUT2D eigenvalue weighted by atomic mass is 10.3. The minimum Gasteiger partial charge on any atom is -0.380 e. The molecule has 2 aromatic rings. The van der Waals surface area contributed by atoms with Crippen molar-refractivity contribution in [3.63, 3.8) is 0 Å². The Hall–Kier alpha value is -1.69. The molecule has 2 N–H and O–H groups in total. The van der Waals surface area contributed by atoms with Crippen LogP contribution < -0.4 is 5.32 Å². The van der Waals surface area contributed by atoms with Crippen LogP contribution in [0.2, 0.25) is 0 Å². The van der Waals surface area contributed by atoms with Gasteiger partial charge in [-0.3, -0.25) is 0 Å². The number of fused-ring (bicyclic) bond motifs is 1. The van der Waals surface area contributed by atoms with Crippen LogP contribution in [0, 0.1) is 0 Å². The summed E-state index contributed by atoms with van der Waals surface area (Å²) in [5.74, 6) is 0.759. The maximum Gasteiger partial charge on any atom is 0.182 e. The van der Waals surface area contributed by atoms with Gasteiger partial charge in [0, 0.05) is 12.6 Å². The lowest BCUT2D eigenvalue weighted by Crippen LogP contribution is -2.22. The molecule has 0 aliphatic rings. The molecule has 0 radical (unpaired) electrons. The first-order valence-electron chi connectivity index (χ1n) is 5.29. The van der Waals surface area contributed by atoms with Crippen molar-refractivity contribution in [1.29, 1.82) is 0 Å². The predicted molar refractivity (Wildman–Crippen MR) is 61.3 cm³/mol. The maximum atomic E-state index is 5.33. The number of imidazole rings is 1. The summed E-state index contributed by atoms with van der Waals surface area (Å²) in [4.78, 5) is 15.3. The van der Waals surface area contributed by atoms with E-state index < -0.39 is 0 Å². The lowest BCUT2D eigenvalue weighted by Gasteiger charge is -2.14. The standard InChI is InChI=1S/C10H15N5O/c1-3-16-4-7(2)15-10-8-9(12-5-11-8)13-6-14-10/h5-7H,3-4H2,1-2H3,(H2,11,12,13,14,15). The zero-order valence-corrected chi connectivity index (χ0v) is 9.40. The Bertz CT molecular complexity index is 455. The number of nitrogens with zero attached hydrogens (tertiary/aromatic N) is 3. The van der Waals surface area contributed by atoms with Gasteiger partial charge in [0.25, 0.3) is 0 Å². The minimum absolute atomic E-state index is 0.196. The van der Waals surface area contributed by atoms with Crippen LogP contribution in [0.4, 0.5) is 5.82 Å². The molecule has 2 aromatic heterocycles. The van der Waals surface area contributed by atoms with Crippen LogP contribution in [0.1, 0.15) is 13.8 Å². The molecule has 0 spiro atoms. The van der Waals surface area contributed by atoms with Gasteiger partial charge >= 0.3 is 0 Å². The lowest BCUT2D eigenvalue weighted by molar-refractivity contribution is 0.141. The molecular weight excluding hydrogens is 206 g/mol. The number of nitrogens with one attached hydrogen (secondary N) is 2. The van der Waals surface area contributed by atoms with E-state index >= 15 is 0 Å². The van der Waals surface area contributed by atoms with Gasteiger partial charge in [0.15, 0.2) is 11.5 Å². The van der Waals surface area contributed by atoms with Crippen molar-refractivity contribution in [3.8, 4) is 0 Å². The quantitative estimate of drug-likeness (QED) is 0.793. The van der Waals surface area contributed by atoms with Crippen LogP contribution in [0.5, 0.6) is 0 Å². The van der Waals surface area contributed by atoms with Gasteiger partial charge in [-0.25, -0.2) is 15.0 Å². The largest absolute Gasteiger partial charge is 0.380 e. The Morgan fingerprint density at radius 1 is 1.44 bits per heavy atom. The molecule has 0 amide bonds. The second-order valence-corrected chi connectivity index (χ2v) is 3.53. The van der Waals surface area contributed by atoms with Crippen LogP contribution in [-0.4, -0.2) is 39.2 Å². The topological polar surface area (TPSA) is 75.7 Å². The molecule has 0 aromatic carbocycles. The van der Waals surface area contributed by atoms with Crippen molar-refractivity contribution in [2.45, 2.75) is 19.9 Å². The summed E-state index contributed by atoms with van der Waals surface area (Å²) in [7, 11) is 0. The maximum absolute atomic E-state index is 5.33. The van der Waals surface area contributed by atoms with Crippen LogP contribution in [0.3, 0.4) is 0 Å². The van der Waals surface area contributed by atoms with Gasteiger partial charge in [0.2, 0.25) is 0 Å². The summed E-state index contributed by atoms with van der Waals surface area (Å²) < 4.78 is 5.33. The van der Waals surface area contributed by atoms with Crippen LogP contribution >= 0.6 is 0 Å². The van der Waals surface area contributed by atoms with E-state index in [4.69, 9.17) is 4.74 Å².